The first-order valence-corrected chi connectivity index (χ1v) is 7.48. The summed E-state index contributed by atoms with van der Waals surface area (Å²) in [7, 11) is 1.82. The lowest BCUT2D eigenvalue weighted by Crippen LogP contribution is -2.55. The van der Waals surface area contributed by atoms with Gasteiger partial charge in [0.25, 0.3) is 0 Å². The van der Waals surface area contributed by atoms with Gasteiger partial charge in [-0.15, -0.1) is 0 Å². The van der Waals surface area contributed by atoms with E-state index in [1.165, 1.54) is 32.2 Å². The highest BCUT2D eigenvalue weighted by Gasteiger charge is 2.36. The van der Waals surface area contributed by atoms with Crippen LogP contribution in [-0.4, -0.2) is 62.5 Å². The van der Waals surface area contributed by atoms with Gasteiger partial charge in [0.05, 0.1) is 18.8 Å². The number of hydrogen-bond acceptors (Lipinski definition) is 4. The highest BCUT2D eigenvalue weighted by Crippen LogP contribution is 2.29. The van der Waals surface area contributed by atoms with Crippen LogP contribution in [0.5, 0.6) is 0 Å². The third kappa shape index (κ3) is 2.72. The molecule has 2 saturated heterocycles. The maximum Gasteiger partial charge on any atom is 0.0730 e. The van der Waals surface area contributed by atoms with E-state index in [0.717, 1.165) is 26.1 Å². The molecule has 1 N–H and O–H groups in total. The summed E-state index contributed by atoms with van der Waals surface area (Å²) in [5.74, 6) is 0. The largest absolute Gasteiger partial charge is 0.380 e. The molecule has 4 atom stereocenters. The predicted molar refractivity (Wildman–Crippen MR) is 70.8 cm³/mol. The Labute approximate surface area is 110 Å². The maximum absolute atomic E-state index is 5.93. The average molecular weight is 254 g/mol. The Kier molecular flexibility index (Phi) is 4.19. The van der Waals surface area contributed by atoms with Crippen LogP contribution in [0.15, 0.2) is 0 Å². The normalized spacial score (nSPS) is 41.8. The molecule has 1 saturated carbocycles. The molecule has 3 fully saturated rings. The number of methoxy groups -OCH3 is 1. The molecule has 0 spiro atoms. The summed E-state index contributed by atoms with van der Waals surface area (Å²) in [6.45, 7) is 4.21. The number of rotatable bonds is 3. The van der Waals surface area contributed by atoms with Gasteiger partial charge in [0.2, 0.25) is 0 Å². The zero-order chi connectivity index (χ0) is 12.4. The molecule has 4 unspecified atom stereocenters. The summed E-state index contributed by atoms with van der Waals surface area (Å²) in [6, 6.07) is 1.28. The van der Waals surface area contributed by atoms with Crippen LogP contribution < -0.4 is 5.32 Å². The Morgan fingerprint density at radius 2 is 2.22 bits per heavy atom. The Balaban J connectivity index is 1.55. The van der Waals surface area contributed by atoms with E-state index in [4.69, 9.17) is 9.47 Å². The number of fused-ring (bicyclic) bond motifs is 1. The molecule has 0 amide bonds. The molecule has 0 aromatic heterocycles. The van der Waals surface area contributed by atoms with Crippen LogP contribution >= 0.6 is 0 Å². The van der Waals surface area contributed by atoms with Crippen molar-refractivity contribution in [3.05, 3.63) is 0 Å². The summed E-state index contributed by atoms with van der Waals surface area (Å²) in [4.78, 5) is 2.67. The van der Waals surface area contributed by atoms with Crippen molar-refractivity contribution in [3.8, 4) is 0 Å². The standard InChI is InChI=1S/C14H26N2O2/c1-17-12-8-11(15-9-12)10-16-6-7-18-14-5-3-2-4-13(14)16/h11-15H,2-10H2,1H3. The maximum atomic E-state index is 5.93. The summed E-state index contributed by atoms with van der Waals surface area (Å²) >= 11 is 0. The first-order valence-electron chi connectivity index (χ1n) is 7.48. The van der Waals surface area contributed by atoms with Crippen LogP contribution in [0.2, 0.25) is 0 Å². The van der Waals surface area contributed by atoms with Gasteiger partial charge in [-0.1, -0.05) is 12.8 Å². The lowest BCUT2D eigenvalue weighted by Gasteiger charge is -2.44. The van der Waals surface area contributed by atoms with Gasteiger partial charge in [0.15, 0.2) is 0 Å². The fourth-order valence-corrected chi connectivity index (χ4v) is 3.79. The van der Waals surface area contributed by atoms with Crippen molar-refractivity contribution < 1.29 is 9.47 Å². The van der Waals surface area contributed by atoms with Gasteiger partial charge in [-0.3, -0.25) is 4.90 Å². The number of nitrogens with one attached hydrogen (secondary N) is 1. The number of nitrogens with zero attached hydrogens (tertiary/aromatic N) is 1. The molecule has 104 valence electrons. The molecule has 2 heterocycles. The Bertz CT molecular complexity index is 273. The Morgan fingerprint density at radius 3 is 3.06 bits per heavy atom. The predicted octanol–water partition coefficient (Wildman–Crippen LogP) is 1.01. The molecule has 0 aromatic rings. The third-order valence-corrected chi connectivity index (χ3v) is 4.82. The Hall–Kier alpha value is -0.160. The minimum atomic E-state index is 0.415. The summed E-state index contributed by atoms with van der Waals surface area (Å²) in [5.41, 5.74) is 0. The van der Waals surface area contributed by atoms with E-state index in [-0.39, 0.29) is 0 Å². The van der Waals surface area contributed by atoms with E-state index >= 15 is 0 Å². The zero-order valence-electron chi connectivity index (χ0n) is 11.4. The molecule has 1 aliphatic carbocycles. The Morgan fingerprint density at radius 1 is 1.33 bits per heavy atom. The lowest BCUT2D eigenvalue weighted by atomic mass is 9.90. The minimum Gasteiger partial charge on any atom is -0.380 e. The van der Waals surface area contributed by atoms with Crippen LogP contribution in [0.3, 0.4) is 0 Å². The van der Waals surface area contributed by atoms with Gasteiger partial charge in [-0.2, -0.15) is 0 Å². The monoisotopic (exact) mass is 254 g/mol. The van der Waals surface area contributed by atoms with Crippen LogP contribution in [0.1, 0.15) is 32.1 Å². The molecular weight excluding hydrogens is 228 g/mol. The van der Waals surface area contributed by atoms with Gasteiger partial charge in [0.1, 0.15) is 0 Å². The summed E-state index contributed by atoms with van der Waals surface area (Å²) in [5, 5.41) is 3.59. The van der Waals surface area contributed by atoms with Gasteiger partial charge in [-0.05, 0) is 19.3 Å². The van der Waals surface area contributed by atoms with Crippen molar-refractivity contribution in [3.63, 3.8) is 0 Å². The van der Waals surface area contributed by atoms with Crippen molar-refractivity contribution in [2.24, 2.45) is 0 Å². The van der Waals surface area contributed by atoms with Crippen LogP contribution in [0.25, 0.3) is 0 Å². The van der Waals surface area contributed by atoms with Crippen molar-refractivity contribution >= 4 is 0 Å². The van der Waals surface area contributed by atoms with Crippen LogP contribution in [0.4, 0.5) is 0 Å². The highest BCUT2D eigenvalue weighted by atomic mass is 16.5. The van der Waals surface area contributed by atoms with Crippen molar-refractivity contribution in [2.75, 3.05) is 33.4 Å². The van der Waals surface area contributed by atoms with Gasteiger partial charge in [-0.25, -0.2) is 0 Å². The first-order chi connectivity index (χ1) is 8.86. The first kappa shape index (κ1) is 12.9. The van der Waals surface area contributed by atoms with E-state index in [0.29, 0.717) is 24.3 Å². The highest BCUT2D eigenvalue weighted by molar-refractivity contribution is 4.91. The van der Waals surface area contributed by atoms with Crippen molar-refractivity contribution in [1.29, 1.82) is 0 Å². The molecular formula is C14H26N2O2. The smallest absolute Gasteiger partial charge is 0.0730 e. The van der Waals surface area contributed by atoms with Crippen LogP contribution in [-0.2, 0) is 9.47 Å². The molecule has 0 bridgehead atoms. The van der Waals surface area contributed by atoms with Crippen molar-refractivity contribution in [1.82, 2.24) is 10.2 Å². The molecule has 3 rings (SSSR count). The van der Waals surface area contributed by atoms with Crippen molar-refractivity contribution in [2.45, 2.75) is 56.4 Å². The van der Waals surface area contributed by atoms with E-state index in [1.54, 1.807) is 0 Å². The van der Waals surface area contributed by atoms with Crippen LogP contribution in [0, 0.1) is 0 Å². The third-order valence-electron chi connectivity index (χ3n) is 4.82. The fourth-order valence-electron chi connectivity index (χ4n) is 3.79. The van der Waals surface area contributed by atoms with Gasteiger partial charge < -0.3 is 14.8 Å². The molecule has 3 aliphatic rings. The summed E-state index contributed by atoms with van der Waals surface area (Å²) < 4.78 is 11.4. The molecule has 0 radical (unpaired) electrons. The second kappa shape index (κ2) is 5.87. The lowest BCUT2D eigenvalue weighted by molar-refractivity contribution is -0.0899. The number of hydrogen-bond donors (Lipinski definition) is 1. The van der Waals surface area contributed by atoms with E-state index < -0.39 is 0 Å². The molecule has 4 heteroatoms. The second-order valence-electron chi connectivity index (χ2n) is 5.95. The van der Waals surface area contributed by atoms with Gasteiger partial charge >= 0.3 is 0 Å². The molecule has 2 aliphatic heterocycles. The number of ether oxygens (including phenoxy) is 2. The molecule has 0 aromatic carbocycles. The molecule has 4 nitrogen and oxygen atoms in total. The van der Waals surface area contributed by atoms with E-state index in [9.17, 15) is 0 Å². The molecule has 18 heavy (non-hydrogen) atoms. The topological polar surface area (TPSA) is 33.7 Å². The van der Waals surface area contributed by atoms with E-state index in [2.05, 4.69) is 10.2 Å². The second-order valence-corrected chi connectivity index (χ2v) is 5.95. The van der Waals surface area contributed by atoms with Gasteiger partial charge in [0, 0.05) is 38.8 Å². The zero-order valence-corrected chi connectivity index (χ0v) is 11.4. The minimum absolute atomic E-state index is 0.415. The SMILES string of the molecule is COC1CNC(CN2CCOC3CCCCC32)C1. The number of morpholine rings is 1. The average Bonchev–Trinajstić information content (AvgIpc) is 2.87. The van der Waals surface area contributed by atoms with E-state index in [1.807, 2.05) is 7.11 Å². The fraction of sp³-hybridized carbons (Fsp3) is 1.00. The summed E-state index contributed by atoms with van der Waals surface area (Å²) in [6.07, 6.45) is 7.39. The quantitative estimate of drug-likeness (QED) is 0.815.